The fourth-order valence-electron chi connectivity index (χ4n) is 6.36. The molecule has 43 heavy (non-hydrogen) atoms. The minimum atomic E-state index is -5.52. The van der Waals surface area contributed by atoms with Crippen LogP contribution >= 0.6 is 7.82 Å². The van der Waals surface area contributed by atoms with Crippen LogP contribution in [0.25, 0.3) is 33.6 Å². The van der Waals surface area contributed by atoms with Crippen molar-refractivity contribution in [1.82, 2.24) is 0 Å². The second-order valence-corrected chi connectivity index (χ2v) is 12.3. The molecule has 0 aliphatic rings. The molecule has 4 nitrogen and oxygen atoms in total. The van der Waals surface area contributed by atoms with Gasteiger partial charge in [-0.1, -0.05) is 114 Å². The van der Waals surface area contributed by atoms with Crippen molar-refractivity contribution in [3.05, 3.63) is 153 Å². The van der Waals surface area contributed by atoms with E-state index in [2.05, 4.69) is 24.3 Å². The van der Waals surface area contributed by atoms with Gasteiger partial charge in [-0.05, 0) is 91.6 Å². The van der Waals surface area contributed by atoms with E-state index in [1.165, 1.54) is 0 Å². The molecule has 0 amide bonds. The molecule has 0 unspecified atom stereocenters. The molecule has 0 aliphatic carbocycles. The molecule has 5 aromatic carbocycles. The van der Waals surface area contributed by atoms with Crippen molar-refractivity contribution in [2.24, 2.45) is 0 Å². The molecule has 5 aromatic rings. The highest BCUT2D eigenvalue weighted by molar-refractivity contribution is 7.43. The molecule has 0 saturated heterocycles. The Morgan fingerprint density at radius 2 is 1.02 bits per heavy atom. The van der Waals surface area contributed by atoms with Crippen molar-refractivity contribution >= 4 is 19.2 Å². The molecule has 0 saturated carbocycles. The van der Waals surface area contributed by atoms with Gasteiger partial charge in [0.15, 0.2) is 0 Å². The van der Waals surface area contributed by atoms with Crippen LogP contribution in [0.3, 0.4) is 0 Å². The Kier molecular flexibility index (Phi) is 8.57. The summed E-state index contributed by atoms with van der Waals surface area (Å²) < 4.78 is 18.3. The number of phosphoric acid groups is 1. The third kappa shape index (κ3) is 6.43. The van der Waals surface area contributed by atoms with Crippen LogP contribution in [0.2, 0.25) is 0 Å². The van der Waals surface area contributed by atoms with E-state index >= 15 is 0 Å². The van der Waals surface area contributed by atoms with Crippen molar-refractivity contribution < 1.29 is 18.9 Å². The molecule has 0 bridgehead atoms. The Labute approximate surface area is 254 Å². The summed E-state index contributed by atoms with van der Waals surface area (Å²) in [5, 5.41) is 0. The van der Waals surface area contributed by atoms with Gasteiger partial charge in [-0.3, -0.25) is 0 Å². The first-order chi connectivity index (χ1) is 20.4. The zero-order valence-corrected chi connectivity index (χ0v) is 26.3. The number of aryl methyl sites for hydroxylation is 6. The average Bonchev–Trinajstić information content (AvgIpc) is 2.94. The van der Waals surface area contributed by atoms with Crippen molar-refractivity contribution in [3.63, 3.8) is 0 Å². The van der Waals surface area contributed by atoms with Crippen LogP contribution in [-0.2, 0) is 9.09 Å². The zero-order valence-electron chi connectivity index (χ0n) is 25.4. The summed E-state index contributed by atoms with van der Waals surface area (Å²) in [7, 11) is -5.52. The minimum Gasteiger partial charge on any atom is -0.780 e. The third-order valence-electron chi connectivity index (χ3n) is 7.74. The predicted octanol–water partition coefficient (Wildman–Crippen LogP) is 8.63. The SMILES string of the molecule is Cc1cc(C)c(C(=C(OP(=O)([O-])[O-])c2cccc(-c3ccccc3)c2-c2ccccc2)c2c(C)cc(C)cc2C)c(C)c1. The van der Waals surface area contributed by atoms with E-state index in [4.69, 9.17) is 4.52 Å². The van der Waals surface area contributed by atoms with Gasteiger partial charge in [0.2, 0.25) is 0 Å². The summed E-state index contributed by atoms with van der Waals surface area (Å²) in [6.45, 7) is 12.1. The fraction of sp³-hybridized carbons (Fsp3) is 0.158. The topological polar surface area (TPSA) is 72.4 Å². The highest BCUT2D eigenvalue weighted by atomic mass is 31.2. The average molecular weight is 587 g/mol. The van der Waals surface area contributed by atoms with Crippen LogP contribution < -0.4 is 9.79 Å². The predicted molar refractivity (Wildman–Crippen MR) is 173 cm³/mol. The Morgan fingerprint density at radius 1 is 0.581 bits per heavy atom. The van der Waals surface area contributed by atoms with Crippen LogP contribution in [0, 0.1) is 41.5 Å². The van der Waals surface area contributed by atoms with Gasteiger partial charge < -0.3 is 18.9 Å². The van der Waals surface area contributed by atoms with E-state index in [1.54, 1.807) is 0 Å². The molecule has 0 fully saturated rings. The lowest BCUT2D eigenvalue weighted by atomic mass is 9.81. The van der Waals surface area contributed by atoms with Gasteiger partial charge in [0.25, 0.3) is 0 Å². The molecule has 0 heterocycles. The summed E-state index contributed by atoms with van der Waals surface area (Å²) >= 11 is 0. The van der Waals surface area contributed by atoms with E-state index in [0.717, 1.165) is 66.8 Å². The number of benzene rings is 5. The number of rotatable bonds is 7. The van der Waals surface area contributed by atoms with Gasteiger partial charge in [0, 0.05) is 16.7 Å². The lowest BCUT2D eigenvalue weighted by molar-refractivity contribution is -0.336. The quantitative estimate of drug-likeness (QED) is 0.109. The fourth-order valence-corrected chi connectivity index (χ4v) is 6.77. The van der Waals surface area contributed by atoms with Crippen LogP contribution in [-0.4, -0.2) is 0 Å². The Balaban J connectivity index is 2.04. The maximum atomic E-state index is 12.6. The van der Waals surface area contributed by atoms with Gasteiger partial charge in [-0.15, -0.1) is 0 Å². The molecular weight excluding hydrogens is 551 g/mol. The zero-order chi connectivity index (χ0) is 30.9. The van der Waals surface area contributed by atoms with Crippen LogP contribution in [0.4, 0.5) is 0 Å². The molecule has 0 N–H and O–H groups in total. The standard InChI is InChI=1S/C38H37O4P/c1-24-20-26(3)34(27(4)21-24)37(35-28(5)22-25(2)23-29(35)6)38(42-43(39,40)41)33-19-13-18-32(30-14-9-7-10-15-30)36(33)31-16-11-8-12-17-31/h7-23H,1-6H3,(H2,39,40,41)/p-2. The smallest absolute Gasteiger partial charge is 0.140 e. The van der Waals surface area contributed by atoms with E-state index in [-0.39, 0.29) is 5.76 Å². The molecule has 5 rings (SSSR count). The van der Waals surface area contributed by atoms with Gasteiger partial charge >= 0.3 is 0 Å². The molecule has 0 radical (unpaired) electrons. The maximum Gasteiger partial charge on any atom is 0.140 e. The van der Waals surface area contributed by atoms with E-state index in [9.17, 15) is 14.4 Å². The molecular formula is C38H35O4P-2. The third-order valence-corrected chi connectivity index (χ3v) is 8.15. The molecule has 0 aromatic heterocycles. The van der Waals surface area contributed by atoms with Crippen LogP contribution in [0.15, 0.2) is 103 Å². The van der Waals surface area contributed by atoms with E-state index < -0.39 is 7.82 Å². The Bertz CT molecular complexity index is 1780. The van der Waals surface area contributed by atoms with Crippen molar-refractivity contribution in [3.8, 4) is 22.3 Å². The highest BCUT2D eigenvalue weighted by Gasteiger charge is 2.26. The van der Waals surface area contributed by atoms with Crippen molar-refractivity contribution in [2.75, 3.05) is 0 Å². The van der Waals surface area contributed by atoms with Gasteiger partial charge in [0.05, 0.1) is 0 Å². The largest absolute Gasteiger partial charge is 0.780 e. The first-order valence-electron chi connectivity index (χ1n) is 14.3. The number of hydrogen-bond acceptors (Lipinski definition) is 4. The molecule has 0 spiro atoms. The Hall–Kier alpha value is -4.21. The van der Waals surface area contributed by atoms with Crippen molar-refractivity contribution in [2.45, 2.75) is 41.5 Å². The second kappa shape index (κ2) is 12.2. The van der Waals surface area contributed by atoms with Gasteiger partial charge in [-0.2, -0.15) is 0 Å². The highest BCUT2D eigenvalue weighted by Crippen LogP contribution is 2.48. The Morgan fingerprint density at radius 3 is 1.47 bits per heavy atom. The van der Waals surface area contributed by atoms with Crippen molar-refractivity contribution in [1.29, 1.82) is 0 Å². The van der Waals surface area contributed by atoms with Crippen LogP contribution in [0.1, 0.15) is 50.1 Å². The minimum absolute atomic E-state index is 0.0232. The maximum absolute atomic E-state index is 12.6. The normalized spacial score (nSPS) is 11.3. The first-order valence-corrected chi connectivity index (χ1v) is 15.8. The number of phosphoric ester groups is 1. The summed E-state index contributed by atoms with van der Waals surface area (Å²) in [4.78, 5) is 25.3. The summed E-state index contributed by atoms with van der Waals surface area (Å²) in [6, 6.07) is 33.8. The van der Waals surface area contributed by atoms with E-state index in [1.807, 2.05) is 120 Å². The van der Waals surface area contributed by atoms with Gasteiger partial charge in [-0.25, -0.2) is 0 Å². The monoisotopic (exact) mass is 586 g/mol. The molecule has 0 atom stereocenters. The van der Waals surface area contributed by atoms with Crippen LogP contribution in [0.5, 0.6) is 0 Å². The molecule has 218 valence electrons. The number of hydrogen-bond donors (Lipinski definition) is 0. The molecule has 0 aliphatic heterocycles. The second-order valence-electron chi connectivity index (χ2n) is 11.3. The molecule has 5 heteroatoms. The lowest BCUT2D eigenvalue weighted by Crippen LogP contribution is -2.17. The van der Waals surface area contributed by atoms with E-state index in [0.29, 0.717) is 11.1 Å². The summed E-state index contributed by atoms with van der Waals surface area (Å²) in [5.74, 6) is 0.0232. The van der Waals surface area contributed by atoms with Gasteiger partial charge in [0.1, 0.15) is 13.6 Å². The summed E-state index contributed by atoms with van der Waals surface area (Å²) in [5.41, 5.74) is 12.3. The summed E-state index contributed by atoms with van der Waals surface area (Å²) in [6.07, 6.45) is 0. The first kappa shape index (κ1) is 30.3. The lowest BCUT2D eigenvalue weighted by Gasteiger charge is -2.34.